The summed E-state index contributed by atoms with van der Waals surface area (Å²) in [6.45, 7) is -0.579. The van der Waals surface area contributed by atoms with Gasteiger partial charge in [0.05, 0.1) is 12.7 Å². The van der Waals surface area contributed by atoms with Gasteiger partial charge < -0.3 is 10.1 Å². The maximum atomic E-state index is 15.0. The molecule has 1 saturated heterocycles. The summed E-state index contributed by atoms with van der Waals surface area (Å²) in [4.78, 5) is 30.6. The first-order chi connectivity index (χ1) is 17.0. The van der Waals surface area contributed by atoms with Crippen molar-refractivity contribution in [1.29, 1.82) is 0 Å². The number of pyridine rings is 1. The lowest BCUT2D eigenvalue weighted by Crippen LogP contribution is -2.44. The lowest BCUT2D eigenvalue weighted by molar-refractivity contribution is -0.137. The van der Waals surface area contributed by atoms with Gasteiger partial charge in [0.25, 0.3) is 11.8 Å². The number of alkyl halides is 3. The smallest absolute Gasteiger partial charge is 0.419 e. The molecular weight excluding hydrogens is 509 g/mol. The van der Waals surface area contributed by atoms with Crippen LogP contribution < -0.4 is 15.0 Å². The fourth-order valence-corrected chi connectivity index (χ4v) is 4.16. The number of hydrogen-bond acceptors (Lipinski definition) is 4. The largest absolute Gasteiger partial charge is 0.497 e. The molecule has 1 aliphatic heterocycles. The molecule has 1 N–H and O–H groups in total. The van der Waals surface area contributed by atoms with Crippen LogP contribution >= 0.6 is 11.6 Å². The molecule has 12 heteroatoms. The molecule has 0 radical (unpaired) electrons. The summed E-state index contributed by atoms with van der Waals surface area (Å²) in [5.74, 6) is -6.24. The number of halogens is 6. The molecule has 6 nitrogen and oxygen atoms in total. The van der Waals surface area contributed by atoms with Crippen molar-refractivity contribution in [2.45, 2.75) is 18.1 Å². The number of anilines is 1. The minimum atomic E-state index is -4.86. The quantitative estimate of drug-likeness (QED) is 0.478. The Hall–Kier alpha value is -3.73. The third-order valence-corrected chi connectivity index (χ3v) is 5.97. The Morgan fingerprint density at radius 2 is 1.78 bits per heavy atom. The van der Waals surface area contributed by atoms with E-state index >= 15 is 0 Å². The average molecular weight is 526 g/mol. The van der Waals surface area contributed by atoms with Crippen LogP contribution in [0.15, 0.2) is 54.7 Å². The zero-order valence-electron chi connectivity index (χ0n) is 18.4. The van der Waals surface area contributed by atoms with Crippen LogP contribution in [0.3, 0.4) is 0 Å². The fraction of sp³-hybridized carbons (Fsp3) is 0.208. The first-order valence-corrected chi connectivity index (χ1v) is 10.8. The second-order valence-corrected chi connectivity index (χ2v) is 8.33. The van der Waals surface area contributed by atoms with Crippen LogP contribution in [-0.4, -0.2) is 36.5 Å². The Morgan fingerprint density at radius 1 is 1.14 bits per heavy atom. The van der Waals surface area contributed by atoms with Gasteiger partial charge in [0.1, 0.15) is 29.2 Å². The summed E-state index contributed by atoms with van der Waals surface area (Å²) in [5, 5.41) is 2.74. The molecule has 0 saturated carbocycles. The van der Waals surface area contributed by atoms with Gasteiger partial charge in [0, 0.05) is 46.9 Å². The molecule has 1 aromatic heterocycles. The summed E-state index contributed by atoms with van der Waals surface area (Å²) in [7, 11) is 1.20. The van der Waals surface area contributed by atoms with Crippen molar-refractivity contribution in [2.75, 3.05) is 18.6 Å². The highest BCUT2D eigenvalue weighted by Gasteiger charge is 2.48. The van der Waals surface area contributed by atoms with Crippen molar-refractivity contribution in [2.24, 2.45) is 0 Å². The van der Waals surface area contributed by atoms with Gasteiger partial charge in [-0.05, 0) is 36.4 Å². The second kappa shape index (κ2) is 9.73. The molecule has 0 aliphatic carbocycles. The van der Waals surface area contributed by atoms with E-state index in [-0.39, 0.29) is 11.3 Å². The van der Waals surface area contributed by atoms with E-state index in [1.165, 1.54) is 31.4 Å². The third-order valence-electron chi connectivity index (χ3n) is 5.71. The zero-order valence-corrected chi connectivity index (χ0v) is 19.2. The summed E-state index contributed by atoms with van der Waals surface area (Å²) in [6, 6.07) is 7.50. The monoisotopic (exact) mass is 525 g/mol. The van der Waals surface area contributed by atoms with E-state index < -0.39 is 65.1 Å². The number of rotatable bonds is 5. The Balaban J connectivity index is 1.79. The van der Waals surface area contributed by atoms with E-state index in [1.807, 2.05) is 0 Å². The highest BCUT2D eigenvalue weighted by Crippen LogP contribution is 2.40. The predicted octanol–water partition coefficient (Wildman–Crippen LogP) is 4.97. The SMILES string of the molecule is COc1cc(F)c([C@@H]2CN(c3ncccc3C(F)(F)F)C(=O)[C@H]2NC(=O)c2ccc(Cl)cc2)c(F)c1. The molecule has 3 aromatic rings. The Kier molecular flexibility index (Phi) is 6.85. The standard InChI is InChI=1S/C24H17ClF5N3O3/c1-36-14-9-17(26)19(18(27)10-14)15-11-33(21-16(24(28,29)30)3-2-8-31-21)23(35)20(15)32-22(34)12-4-6-13(25)7-5-12/h2-10,15,20H,11H2,1H3,(H,32,34)/t15-,20-/m0/s1. The molecule has 0 bridgehead atoms. The summed E-state index contributed by atoms with van der Waals surface area (Å²) < 4.78 is 75.7. The van der Waals surface area contributed by atoms with E-state index in [2.05, 4.69) is 10.3 Å². The molecular formula is C24H17ClF5N3O3. The molecule has 1 fully saturated rings. The Morgan fingerprint density at radius 3 is 2.36 bits per heavy atom. The van der Waals surface area contributed by atoms with Crippen LogP contribution in [0.5, 0.6) is 5.75 Å². The second-order valence-electron chi connectivity index (χ2n) is 7.89. The molecule has 36 heavy (non-hydrogen) atoms. The van der Waals surface area contributed by atoms with Crippen LogP contribution in [0.25, 0.3) is 0 Å². The summed E-state index contributed by atoms with van der Waals surface area (Å²) in [5.41, 5.74) is -1.72. The number of nitrogens with zero attached hydrogens (tertiary/aromatic N) is 2. The van der Waals surface area contributed by atoms with Gasteiger partial charge in [-0.1, -0.05) is 11.6 Å². The van der Waals surface area contributed by atoms with Crippen LogP contribution in [-0.2, 0) is 11.0 Å². The molecule has 4 rings (SSSR count). The van der Waals surface area contributed by atoms with Gasteiger partial charge in [0.2, 0.25) is 0 Å². The minimum absolute atomic E-state index is 0.0777. The van der Waals surface area contributed by atoms with Crippen LogP contribution in [0.2, 0.25) is 5.02 Å². The van der Waals surface area contributed by atoms with Crippen LogP contribution in [0, 0.1) is 11.6 Å². The highest BCUT2D eigenvalue weighted by molar-refractivity contribution is 6.30. The summed E-state index contributed by atoms with van der Waals surface area (Å²) >= 11 is 5.83. The van der Waals surface area contributed by atoms with Gasteiger partial charge in [-0.15, -0.1) is 0 Å². The highest BCUT2D eigenvalue weighted by atomic mass is 35.5. The predicted molar refractivity (Wildman–Crippen MR) is 120 cm³/mol. The van der Waals surface area contributed by atoms with Gasteiger partial charge >= 0.3 is 6.18 Å². The first-order valence-electron chi connectivity index (χ1n) is 10.4. The van der Waals surface area contributed by atoms with Gasteiger partial charge in [-0.3, -0.25) is 14.5 Å². The molecule has 2 heterocycles. The summed E-state index contributed by atoms with van der Waals surface area (Å²) in [6.07, 6.45) is -3.80. The number of carbonyl (C=O) groups is 2. The molecule has 1 aliphatic rings. The van der Waals surface area contributed by atoms with Crippen molar-refractivity contribution in [1.82, 2.24) is 10.3 Å². The number of ether oxygens (including phenoxy) is 1. The fourth-order valence-electron chi connectivity index (χ4n) is 4.04. The third kappa shape index (κ3) is 4.83. The van der Waals surface area contributed by atoms with Crippen molar-refractivity contribution < 1.29 is 36.3 Å². The average Bonchev–Trinajstić information content (AvgIpc) is 3.14. The van der Waals surface area contributed by atoms with Crippen molar-refractivity contribution in [3.05, 3.63) is 88.1 Å². The molecule has 2 amide bonds. The number of hydrogen-bond donors (Lipinski definition) is 1. The Labute approximate surface area is 206 Å². The van der Waals surface area contributed by atoms with E-state index in [4.69, 9.17) is 16.3 Å². The first kappa shape index (κ1) is 25.4. The number of amides is 2. The number of aromatic nitrogens is 1. The number of carbonyl (C=O) groups excluding carboxylic acids is 2. The molecule has 0 spiro atoms. The minimum Gasteiger partial charge on any atom is -0.497 e. The topological polar surface area (TPSA) is 71.5 Å². The van der Waals surface area contributed by atoms with Gasteiger partial charge in [0.15, 0.2) is 0 Å². The van der Waals surface area contributed by atoms with E-state index in [0.717, 1.165) is 30.5 Å². The lowest BCUT2D eigenvalue weighted by atomic mass is 9.92. The van der Waals surface area contributed by atoms with E-state index in [0.29, 0.717) is 9.92 Å². The molecule has 2 atom stereocenters. The molecule has 188 valence electrons. The number of nitrogens with one attached hydrogen (secondary N) is 1. The van der Waals surface area contributed by atoms with Crippen molar-refractivity contribution >= 4 is 29.2 Å². The van der Waals surface area contributed by atoms with Crippen LogP contribution in [0.1, 0.15) is 27.4 Å². The van der Waals surface area contributed by atoms with Gasteiger partial charge in [-0.25, -0.2) is 13.8 Å². The molecule has 2 aromatic carbocycles. The molecule has 0 unspecified atom stereocenters. The normalized spacial score (nSPS) is 17.9. The maximum absolute atomic E-state index is 15.0. The van der Waals surface area contributed by atoms with E-state index in [9.17, 15) is 31.5 Å². The maximum Gasteiger partial charge on any atom is 0.419 e. The Bertz CT molecular complexity index is 1290. The lowest BCUT2D eigenvalue weighted by Gasteiger charge is -2.20. The van der Waals surface area contributed by atoms with E-state index in [1.54, 1.807) is 0 Å². The number of methoxy groups -OCH3 is 1. The van der Waals surface area contributed by atoms with Crippen molar-refractivity contribution in [3.8, 4) is 5.75 Å². The van der Waals surface area contributed by atoms with Crippen molar-refractivity contribution in [3.63, 3.8) is 0 Å². The number of benzene rings is 2. The zero-order chi connectivity index (χ0) is 26.2. The van der Waals surface area contributed by atoms with Crippen LogP contribution in [0.4, 0.5) is 27.8 Å². The van der Waals surface area contributed by atoms with Gasteiger partial charge in [-0.2, -0.15) is 13.2 Å².